The van der Waals surface area contributed by atoms with Crippen LogP contribution < -0.4 is 14.8 Å². The molecule has 2 aliphatic heterocycles. The Hall–Kier alpha value is -2.01. The first-order chi connectivity index (χ1) is 9.40. The Balaban J connectivity index is 1.73. The summed E-state index contributed by atoms with van der Waals surface area (Å²) in [5, 5.41) is 3.34. The van der Waals surface area contributed by atoms with Crippen LogP contribution in [0.25, 0.3) is 11.4 Å². The lowest BCUT2D eigenvalue weighted by Gasteiger charge is -2.18. The van der Waals surface area contributed by atoms with Crippen molar-refractivity contribution in [1.82, 2.24) is 15.3 Å². The average molecular weight is 257 g/mol. The fourth-order valence-electron chi connectivity index (χ4n) is 2.55. The third-order valence-corrected chi connectivity index (χ3v) is 3.52. The van der Waals surface area contributed by atoms with Crippen LogP contribution in [-0.2, 0) is 13.0 Å². The maximum atomic E-state index is 5.61. The number of rotatable bonds is 1. The van der Waals surface area contributed by atoms with E-state index in [0.29, 0.717) is 13.2 Å². The molecule has 0 saturated carbocycles. The second-order valence-corrected chi connectivity index (χ2v) is 4.80. The summed E-state index contributed by atoms with van der Waals surface area (Å²) >= 11 is 0. The molecule has 0 bridgehead atoms. The molecule has 5 nitrogen and oxygen atoms in total. The molecule has 0 spiro atoms. The molecule has 2 aliphatic rings. The van der Waals surface area contributed by atoms with Crippen LogP contribution in [0.15, 0.2) is 18.2 Å². The van der Waals surface area contributed by atoms with E-state index in [1.807, 2.05) is 18.2 Å². The van der Waals surface area contributed by atoms with Crippen molar-refractivity contribution in [3.05, 3.63) is 29.6 Å². The zero-order chi connectivity index (χ0) is 12.7. The molecule has 0 fully saturated rings. The van der Waals surface area contributed by atoms with E-state index < -0.39 is 0 Å². The first-order valence-electron chi connectivity index (χ1n) is 6.59. The Morgan fingerprint density at radius 3 is 2.89 bits per heavy atom. The SMILES string of the molecule is c1cc2c(cc1-c1nc3c([nH]1)CNCC3)OCCO2. The Morgan fingerprint density at radius 2 is 2.00 bits per heavy atom. The first kappa shape index (κ1) is 10.9. The highest BCUT2D eigenvalue weighted by Gasteiger charge is 2.17. The van der Waals surface area contributed by atoms with Crippen LogP contribution in [0.3, 0.4) is 0 Å². The Morgan fingerprint density at radius 1 is 1.11 bits per heavy atom. The lowest BCUT2D eigenvalue weighted by Crippen LogP contribution is -2.23. The van der Waals surface area contributed by atoms with Crippen LogP contribution in [0, 0.1) is 0 Å². The van der Waals surface area contributed by atoms with E-state index in [9.17, 15) is 0 Å². The molecule has 2 N–H and O–H groups in total. The van der Waals surface area contributed by atoms with Crippen molar-refractivity contribution in [2.45, 2.75) is 13.0 Å². The van der Waals surface area contributed by atoms with Crippen LogP contribution in [0.5, 0.6) is 11.5 Å². The highest BCUT2D eigenvalue weighted by molar-refractivity contribution is 5.62. The lowest BCUT2D eigenvalue weighted by atomic mass is 10.2. The van der Waals surface area contributed by atoms with Crippen LogP contribution in [0.2, 0.25) is 0 Å². The number of nitrogens with zero attached hydrogens (tertiary/aromatic N) is 1. The fraction of sp³-hybridized carbons (Fsp3) is 0.357. The second-order valence-electron chi connectivity index (χ2n) is 4.80. The summed E-state index contributed by atoms with van der Waals surface area (Å²) in [4.78, 5) is 8.06. The molecule has 0 saturated heterocycles. The molecular formula is C14H15N3O2. The van der Waals surface area contributed by atoms with Crippen LogP contribution in [0.1, 0.15) is 11.4 Å². The van der Waals surface area contributed by atoms with Gasteiger partial charge in [-0.15, -0.1) is 0 Å². The number of nitrogens with one attached hydrogen (secondary N) is 2. The van der Waals surface area contributed by atoms with Gasteiger partial charge in [-0.05, 0) is 18.2 Å². The molecule has 2 aromatic rings. The Labute approximate surface area is 111 Å². The molecule has 5 heteroatoms. The van der Waals surface area contributed by atoms with Gasteiger partial charge in [0.2, 0.25) is 0 Å². The molecule has 19 heavy (non-hydrogen) atoms. The van der Waals surface area contributed by atoms with E-state index in [1.165, 1.54) is 11.4 Å². The third-order valence-electron chi connectivity index (χ3n) is 3.52. The van der Waals surface area contributed by atoms with Crippen LogP contribution in [0.4, 0.5) is 0 Å². The van der Waals surface area contributed by atoms with E-state index in [-0.39, 0.29) is 0 Å². The van der Waals surface area contributed by atoms with Gasteiger partial charge in [0.1, 0.15) is 19.0 Å². The Kier molecular flexibility index (Phi) is 2.45. The van der Waals surface area contributed by atoms with Gasteiger partial charge in [0, 0.05) is 25.1 Å². The quantitative estimate of drug-likeness (QED) is 0.812. The van der Waals surface area contributed by atoms with Gasteiger partial charge < -0.3 is 19.8 Å². The van der Waals surface area contributed by atoms with Crippen molar-refractivity contribution in [3.8, 4) is 22.9 Å². The summed E-state index contributed by atoms with van der Waals surface area (Å²) in [7, 11) is 0. The van der Waals surface area contributed by atoms with Crippen LogP contribution in [-0.4, -0.2) is 29.7 Å². The monoisotopic (exact) mass is 257 g/mol. The van der Waals surface area contributed by atoms with Gasteiger partial charge in [0.05, 0.1) is 11.4 Å². The summed E-state index contributed by atoms with van der Waals surface area (Å²) in [6.45, 7) is 3.09. The predicted molar refractivity (Wildman–Crippen MR) is 70.4 cm³/mol. The zero-order valence-corrected chi connectivity index (χ0v) is 10.5. The van der Waals surface area contributed by atoms with Crippen molar-refractivity contribution in [3.63, 3.8) is 0 Å². The summed E-state index contributed by atoms with van der Waals surface area (Å²) in [5.74, 6) is 2.52. The number of hydrogen-bond acceptors (Lipinski definition) is 4. The number of benzene rings is 1. The van der Waals surface area contributed by atoms with E-state index in [2.05, 4.69) is 15.3 Å². The fourth-order valence-corrected chi connectivity index (χ4v) is 2.55. The summed E-state index contributed by atoms with van der Waals surface area (Å²) in [5.41, 5.74) is 3.40. The highest BCUT2D eigenvalue weighted by Crippen LogP contribution is 2.34. The van der Waals surface area contributed by atoms with Crippen molar-refractivity contribution < 1.29 is 9.47 Å². The van der Waals surface area contributed by atoms with Gasteiger partial charge in [-0.2, -0.15) is 0 Å². The summed E-state index contributed by atoms with van der Waals surface area (Å²) in [6.07, 6.45) is 0.983. The Bertz CT molecular complexity index is 598. The van der Waals surface area contributed by atoms with Crippen molar-refractivity contribution in [2.75, 3.05) is 19.8 Å². The molecule has 0 radical (unpaired) electrons. The molecule has 1 aromatic carbocycles. The maximum Gasteiger partial charge on any atom is 0.162 e. The first-order valence-corrected chi connectivity index (χ1v) is 6.59. The normalized spacial score (nSPS) is 17.1. The van der Waals surface area contributed by atoms with E-state index >= 15 is 0 Å². The lowest BCUT2D eigenvalue weighted by molar-refractivity contribution is 0.171. The second kappa shape index (κ2) is 4.28. The predicted octanol–water partition coefficient (Wildman–Crippen LogP) is 1.49. The van der Waals surface area contributed by atoms with Gasteiger partial charge in [0.25, 0.3) is 0 Å². The van der Waals surface area contributed by atoms with Gasteiger partial charge in [-0.25, -0.2) is 4.98 Å². The van der Waals surface area contributed by atoms with Gasteiger partial charge in [-0.1, -0.05) is 0 Å². The summed E-state index contributed by atoms with van der Waals surface area (Å²) < 4.78 is 11.1. The van der Waals surface area contributed by atoms with E-state index in [4.69, 9.17) is 9.47 Å². The van der Waals surface area contributed by atoms with Crippen LogP contribution >= 0.6 is 0 Å². The smallest absolute Gasteiger partial charge is 0.162 e. The molecule has 0 aliphatic carbocycles. The largest absolute Gasteiger partial charge is 0.486 e. The molecule has 0 amide bonds. The van der Waals surface area contributed by atoms with Crippen molar-refractivity contribution in [1.29, 1.82) is 0 Å². The number of H-pyrrole nitrogens is 1. The standard InChI is InChI=1S/C14H15N3O2/c1-2-12-13(19-6-5-18-12)7-9(1)14-16-10-3-4-15-8-11(10)17-14/h1-2,7,15H,3-6,8H2,(H,16,17). The molecule has 1 aromatic heterocycles. The zero-order valence-electron chi connectivity index (χ0n) is 10.5. The topological polar surface area (TPSA) is 59.2 Å². The van der Waals surface area contributed by atoms with Gasteiger partial charge >= 0.3 is 0 Å². The number of ether oxygens (including phenoxy) is 2. The average Bonchev–Trinajstić information content (AvgIpc) is 2.90. The number of fused-ring (bicyclic) bond motifs is 2. The molecule has 3 heterocycles. The molecular weight excluding hydrogens is 242 g/mol. The molecule has 98 valence electrons. The third kappa shape index (κ3) is 1.86. The minimum Gasteiger partial charge on any atom is -0.486 e. The number of imidazole rings is 1. The molecule has 0 atom stereocenters. The van der Waals surface area contributed by atoms with Gasteiger partial charge in [0.15, 0.2) is 11.5 Å². The minimum absolute atomic E-state index is 0.606. The van der Waals surface area contributed by atoms with Crippen molar-refractivity contribution in [2.24, 2.45) is 0 Å². The van der Waals surface area contributed by atoms with Crippen molar-refractivity contribution >= 4 is 0 Å². The highest BCUT2D eigenvalue weighted by atomic mass is 16.6. The number of aromatic amines is 1. The summed E-state index contributed by atoms with van der Waals surface area (Å²) in [6, 6.07) is 5.96. The minimum atomic E-state index is 0.606. The van der Waals surface area contributed by atoms with Gasteiger partial charge in [-0.3, -0.25) is 0 Å². The molecule has 0 unspecified atom stereocenters. The number of aromatic nitrogens is 2. The number of hydrogen-bond donors (Lipinski definition) is 2. The van der Waals surface area contributed by atoms with E-state index in [1.54, 1.807) is 0 Å². The van der Waals surface area contributed by atoms with E-state index in [0.717, 1.165) is 42.4 Å². The maximum absolute atomic E-state index is 5.61. The molecule has 4 rings (SSSR count).